The number of aliphatic hydroxyl groups is 1. The molecule has 1 aromatic heterocycles. The van der Waals surface area contributed by atoms with Gasteiger partial charge in [-0.1, -0.05) is 36.4 Å². The highest BCUT2D eigenvalue weighted by Crippen LogP contribution is 2.20. The predicted molar refractivity (Wildman–Crippen MR) is 104 cm³/mol. The van der Waals surface area contributed by atoms with Crippen molar-refractivity contribution in [3.8, 4) is 0 Å². The van der Waals surface area contributed by atoms with Crippen LogP contribution in [0.3, 0.4) is 0 Å². The third-order valence-corrected chi connectivity index (χ3v) is 4.50. The van der Waals surface area contributed by atoms with E-state index in [4.69, 9.17) is 0 Å². The largest absolute Gasteiger partial charge is 0.387 e. The number of benzene rings is 2. The van der Waals surface area contributed by atoms with Gasteiger partial charge in [0.1, 0.15) is 0 Å². The van der Waals surface area contributed by atoms with Crippen LogP contribution in [0.1, 0.15) is 17.2 Å². The van der Waals surface area contributed by atoms with Gasteiger partial charge in [-0.2, -0.15) is 0 Å². The Bertz CT molecular complexity index is 934. The van der Waals surface area contributed by atoms with Crippen molar-refractivity contribution < 1.29 is 14.7 Å². The summed E-state index contributed by atoms with van der Waals surface area (Å²) in [6, 6.07) is 17.3. The lowest BCUT2D eigenvalue weighted by molar-refractivity contribution is -0.139. The first-order valence-corrected chi connectivity index (χ1v) is 8.87. The fourth-order valence-corrected chi connectivity index (χ4v) is 2.94. The van der Waals surface area contributed by atoms with Crippen molar-refractivity contribution >= 4 is 22.7 Å². The summed E-state index contributed by atoms with van der Waals surface area (Å²) < 4.78 is 1.99. The molecule has 1 unspecified atom stereocenters. The van der Waals surface area contributed by atoms with Gasteiger partial charge in [0.25, 0.3) is 0 Å². The number of aryl methyl sites for hydroxylation is 1. The van der Waals surface area contributed by atoms with Crippen LogP contribution in [-0.4, -0.2) is 34.6 Å². The number of hydrogen-bond acceptors (Lipinski definition) is 3. The normalized spacial score (nSPS) is 11.9. The Hall–Kier alpha value is -3.12. The molecule has 0 fully saturated rings. The molecule has 27 heavy (non-hydrogen) atoms. The number of nitrogens with zero attached hydrogens (tertiary/aromatic N) is 1. The molecule has 0 bridgehead atoms. The van der Waals surface area contributed by atoms with Gasteiger partial charge in [-0.25, -0.2) is 0 Å². The summed E-state index contributed by atoms with van der Waals surface area (Å²) >= 11 is 0. The quantitative estimate of drug-likeness (QED) is 0.581. The predicted octanol–water partition coefficient (Wildman–Crippen LogP) is 1.69. The number of aliphatic hydroxyl groups excluding tert-OH is 1. The zero-order chi connectivity index (χ0) is 19.2. The molecule has 1 heterocycles. The molecule has 6 nitrogen and oxygen atoms in total. The van der Waals surface area contributed by atoms with E-state index < -0.39 is 17.9 Å². The standard InChI is InChI=1S/C21H23N3O3/c1-24-12-10-16-13-17(7-8-18(16)24)19(25)14-23-21(27)20(26)22-11-9-15-5-3-2-4-6-15/h2-8,10,12-13,19,25H,9,11,14H2,1H3,(H,22,26)(H,23,27). The molecule has 0 aliphatic rings. The van der Waals surface area contributed by atoms with Crippen LogP contribution >= 0.6 is 0 Å². The molecule has 3 rings (SSSR count). The Balaban J connectivity index is 1.46. The summed E-state index contributed by atoms with van der Waals surface area (Å²) in [5.74, 6) is -1.44. The summed E-state index contributed by atoms with van der Waals surface area (Å²) in [5, 5.41) is 16.4. The molecule has 3 N–H and O–H groups in total. The summed E-state index contributed by atoms with van der Waals surface area (Å²) in [6.07, 6.45) is 1.72. The Morgan fingerprint density at radius 3 is 2.56 bits per heavy atom. The second-order valence-corrected chi connectivity index (χ2v) is 6.46. The van der Waals surface area contributed by atoms with E-state index >= 15 is 0 Å². The van der Waals surface area contributed by atoms with Gasteiger partial charge < -0.3 is 20.3 Å². The molecule has 3 aromatic rings. The highest BCUT2D eigenvalue weighted by atomic mass is 16.3. The topological polar surface area (TPSA) is 83.4 Å². The number of nitrogens with one attached hydrogen (secondary N) is 2. The molecule has 6 heteroatoms. The molecule has 140 valence electrons. The second-order valence-electron chi connectivity index (χ2n) is 6.46. The minimum Gasteiger partial charge on any atom is -0.387 e. The van der Waals surface area contributed by atoms with E-state index in [-0.39, 0.29) is 6.54 Å². The molecule has 1 atom stereocenters. The third-order valence-electron chi connectivity index (χ3n) is 4.50. The van der Waals surface area contributed by atoms with Gasteiger partial charge in [-0.05, 0) is 41.1 Å². The molecule has 0 aliphatic carbocycles. The number of rotatable bonds is 6. The van der Waals surface area contributed by atoms with Crippen LogP contribution in [0.2, 0.25) is 0 Å². The lowest BCUT2D eigenvalue weighted by atomic mass is 10.1. The van der Waals surface area contributed by atoms with Gasteiger partial charge in [-0.3, -0.25) is 9.59 Å². The van der Waals surface area contributed by atoms with Gasteiger partial charge in [0.05, 0.1) is 6.10 Å². The summed E-state index contributed by atoms with van der Waals surface area (Å²) in [6.45, 7) is 0.354. The Morgan fingerprint density at radius 1 is 1.04 bits per heavy atom. The SMILES string of the molecule is Cn1ccc2cc(C(O)CNC(=O)C(=O)NCCc3ccccc3)ccc21. The molecular weight excluding hydrogens is 342 g/mol. The van der Waals surface area contributed by atoms with Crippen LogP contribution in [0.15, 0.2) is 60.8 Å². The first-order chi connectivity index (χ1) is 13.0. The Morgan fingerprint density at radius 2 is 1.78 bits per heavy atom. The average molecular weight is 365 g/mol. The lowest BCUT2D eigenvalue weighted by Crippen LogP contribution is -2.42. The van der Waals surface area contributed by atoms with E-state index in [1.807, 2.05) is 72.4 Å². The van der Waals surface area contributed by atoms with Crippen molar-refractivity contribution in [1.29, 1.82) is 0 Å². The van der Waals surface area contributed by atoms with E-state index in [1.54, 1.807) is 0 Å². The second kappa shape index (κ2) is 8.51. The maximum atomic E-state index is 11.9. The molecule has 0 spiro atoms. The highest BCUT2D eigenvalue weighted by Gasteiger charge is 2.15. The van der Waals surface area contributed by atoms with Gasteiger partial charge in [-0.15, -0.1) is 0 Å². The molecule has 0 aliphatic heterocycles. The number of aromatic nitrogens is 1. The molecule has 0 saturated carbocycles. The monoisotopic (exact) mass is 365 g/mol. The first-order valence-electron chi connectivity index (χ1n) is 8.87. The van der Waals surface area contributed by atoms with Gasteiger partial charge in [0.2, 0.25) is 0 Å². The first kappa shape index (κ1) is 18.7. The third kappa shape index (κ3) is 4.74. The number of fused-ring (bicyclic) bond motifs is 1. The smallest absolute Gasteiger partial charge is 0.309 e. The minimum atomic E-state index is -0.879. The van der Waals surface area contributed by atoms with Gasteiger partial charge in [0, 0.05) is 31.9 Å². The maximum absolute atomic E-state index is 11.9. The van der Waals surface area contributed by atoms with E-state index in [2.05, 4.69) is 10.6 Å². The fourth-order valence-electron chi connectivity index (χ4n) is 2.94. The van der Waals surface area contributed by atoms with Gasteiger partial charge in [0.15, 0.2) is 0 Å². The van der Waals surface area contributed by atoms with Crippen molar-refractivity contribution in [2.24, 2.45) is 7.05 Å². The zero-order valence-corrected chi connectivity index (χ0v) is 15.2. The highest BCUT2D eigenvalue weighted by molar-refractivity contribution is 6.35. The van der Waals surface area contributed by atoms with Crippen molar-refractivity contribution in [3.05, 3.63) is 71.9 Å². The van der Waals surface area contributed by atoms with Crippen molar-refractivity contribution in [2.75, 3.05) is 13.1 Å². The van der Waals surface area contributed by atoms with Gasteiger partial charge >= 0.3 is 11.8 Å². The van der Waals surface area contributed by atoms with Crippen LogP contribution in [0.25, 0.3) is 10.9 Å². The molecule has 2 aromatic carbocycles. The molecule has 0 saturated heterocycles. The van der Waals surface area contributed by atoms with E-state index in [1.165, 1.54) is 0 Å². The summed E-state index contributed by atoms with van der Waals surface area (Å²) in [5.41, 5.74) is 2.84. The number of hydrogen-bond donors (Lipinski definition) is 3. The Labute approximate surface area is 157 Å². The Kier molecular flexibility index (Phi) is 5.88. The lowest BCUT2D eigenvalue weighted by Gasteiger charge is -2.13. The van der Waals surface area contributed by atoms with Crippen molar-refractivity contribution in [1.82, 2.24) is 15.2 Å². The average Bonchev–Trinajstić information content (AvgIpc) is 3.06. The van der Waals surface area contributed by atoms with E-state index in [0.717, 1.165) is 16.5 Å². The van der Waals surface area contributed by atoms with Crippen LogP contribution in [0, 0.1) is 0 Å². The van der Waals surface area contributed by atoms with E-state index in [9.17, 15) is 14.7 Å². The van der Waals surface area contributed by atoms with Crippen LogP contribution in [0.4, 0.5) is 0 Å². The number of carbonyl (C=O) groups excluding carboxylic acids is 2. The maximum Gasteiger partial charge on any atom is 0.309 e. The number of carbonyl (C=O) groups is 2. The van der Waals surface area contributed by atoms with Crippen LogP contribution in [0.5, 0.6) is 0 Å². The van der Waals surface area contributed by atoms with Crippen molar-refractivity contribution in [2.45, 2.75) is 12.5 Å². The molecule has 0 radical (unpaired) electrons. The van der Waals surface area contributed by atoms with E-state index in [0.29, 0.717) is 18.5 Å². The fraction of sp³-hybridized carbons (Fsp3) is 0.238. The zero-order valence-electron chi connectivity index (χ0n) is 15.2. The van der Waals surface area contributed by atoms with Crippen molar-refractivity contribution in [3.63, 3.8) is 0 Å². The number of amides is 2. The molecular formula is C21H23N3O3. The van der Waals surface area contributed by atoms with Crippen LogP contribution < -0.4 is 10.6 Å². The summed E-state index contributed by atoms with van der Waals surface area (Å²) in [7, 11) is 1.95. The molecule has 2 amide bonds. The van der Waals surface area contributed by atoms with Crippen LogP contribution in [-0.2, 0) is 23.1 Å². The minimum absolute atomic E-state index is 0.0245. The summed E-state index contributed by atoms with van der Waals surface area (Å²) in [4.78, 5) is 23.8.